The van der Waals surface area contributed by atoms with Crippen LogP contribution >= 0.6 is 0 Å². The van der Waals surface area contributed by atoms with Gasteiger partial charge < -0.3 is 13.3 Å². The second-order valence-electron chi connectivity index (χ2n) is 5.41. The molecule has 0 saturated heterocycles. The Morgan fingerprint density at radius 3 is 2.06 bits per heavy atom. The first-order valence-corrected chi connectivity index (χ1v) is 8.04. The van der Waals surface area contributed by atoms with E-state index in [0.29, 0.717) is 12.5 Å². The third-order valence-electron chi connectivity index (χ3n) is 2.37. The van der Waals surface area contributed by atoms with Crippen molar-refractivity contribution in [2.75, 3.05) is 14.2 Å². The van der Waals surface area contributed by atoms with Gasteiger partial charge in [0, 0.05) is 26.7 Å². The first-order chi connectivity index (χ1) is 7.78. The van der Waals surface area contributed by atoms with Crippen molar-refractivity contribution < 1.29 is 18.1 Å². The summed E-state index contributed by atoms with van der Waals surface area (Å²) in [5, 5.41) is 0. The number of hydrogen-bond acceptors (Lipinski definition) is 4. The molecule has 0 rings (SSSR count). The van der Waals surface area contributed by atoms with Gasteiger partial charge in [-0.05, 0) is 11.8 Å². The van der Waals surface area contributed by atoms with E-state index in [-0.39, 0.29) is 11.4 Å². The molecule has 0 unspecified atom stereocenters. The molecule has 17 heavy (non-hydrogen) atoms. The first-order valence-electron chi connectivity index (χ1n) is 6.10. The van der Waals surface area contributed by atoms with E-state index in [1.54, 1.807) is 14.2 Å². The maximum Gasteiger partial charge on any atom is 0.567 e. The molecular formula is C12H26O4Si. The number of unbranched alkanes of at least 4 members (excludes halogenated alkanes) is 1. The van der Waals surface area contributed by atoms with Crippen molar-refractivity contribution in [2.45, 2.75) is 53.0 Å². The molecule has 0 aromatic carbocycles. The highest BCUT2D eigenvalue weighted by molar-refractivity contribution is 6.62. The van der Waals surface area contributed by atoms with Gasteiger partial charge in [-0.3, -0.25) is 4.79 Å². The Morgan fingerprint density at radius 1 is 1.18 bits per heavy atom. The summed E-state index contributed by atoms with van der Waals surface area (Å²) in [5.41, 5.74) is 0.00325. The maximum absolute atomic E-state index is 11.7. The lowest BCUT2D eigenvalue weighted by Crippen LogP contribution is -2.48. The van der Waals surface area contributed by atoms with Crippen molar-refractivity contribution in [2.24, 2.45) is 5.41 Å². The first kappa shape index (κ1) is 16.6. The minimum Gasteiger partial charge on any atom is -0.473 e. The zero-order valence-electron chi connectivity index (χ0n) is 12.0. The van der Waals surface area contributed by atoms with E-state index in [2.05, 4.69) is 20.8 Å². The van der Waals surface area contributed by atoms with E-state index in [1.807, 2.05) is 6.92 Å². The monoisotopic (exact) mass is 262 g/mol. The second kappa shape index (κ2) is 7.13. The fourth-order valence-corrected chi connectivity index (χ4v) is 3.98. The SMILES string of the molecule is CCCCC(=O)O[Si](CC(C)(C)C)(OC)OC. The van der Waals surface area contributed by atoms with Gasteiger partial charge >= 0.3 is 8.80 Å². The maximum atomic E-state index is 11.7. The normalized spacial score (nSPS) is 12.6. The summed E-state index contributed by atoms with van der Waals surface area (Å²) in [4.78, 5) is 11.7. The lowest BCUT2D eigenvalue weighted by Gasteiger charge is -2.31. The molecule has 0 saturated carbocycles. The topological polar surface area (TPSA) is 44.8 Å². The third-order valence-corrected chi connectivity index (χ3v) is 5.65. The summed E-state index contributed by atoms with van der Waals surface area (Å²) < 4.78 is 16.2. The number of hydrogen-bond donors (Lipinski definition) is 0. The fraction of sp³-hybridized carbons (Fsp3) is 0.917. The van der Waals surface area contributed by atoms with Gasteiger partial charge in [0.2, 0.25) is 0 Å². The quantitative estimate of drug-likeness (QED) is 0.662. The van der Waals surface area contributed by atoms with Crippen molar-refractivity contribution in [1.29, 1.82) is 0 Å². The van der Waals surface area contributed by atoms with E-state index in [1.165, 1.54) is 0 Å². The summed E-state index contributed by atoms with van der Waals surface area (Å²) in [6, 6.07) is 0.630. The van der Waals surface area contributed by atoms with Crippen LogP contribution < -0.4 is 0 Å². The molecule has 0 atom stereocenters. The molecule has 0 N–H and O–H groups in total. The van der Waals surface area contributed by atoms with E-state index >= 15 is 0 Å². The minimum absolute atomic E-state index is 0.00325. The summed E-state index contributed by atoms with van der Waals surface area (Å²) in [5.74, 6) is -0.216. The second-order valence-corrected chi connectivity index (χ2v) is 8.15. The predicted octanol–water partition coefficient (Wildman–Crippen LogP) is 3.00. The zero-order chi connectivity index (χ0) is 13.5. The third kappa shape index (κ3) is 6.80. The molecule has 4 nitrogen and oxygen atoms in total. The molecule has 0 aliphatic carbocycles. The molecule has 0 amide bonds. The lowest BCUT2D eigenvalue weighted by molar-refractivity contribution is -0.139. The van der Waals surface area contributed by atoms with Gasteiger partial charge in [0.1, 0.15) is 0 Å². The largest absolute Gasteiger partial charge is 0.567 e. The average Bonchev–Trinajstić information content (AvgIpc) is 2.23. The van der Waals surface area contributed by atoms with Crippen LogP contribution in [-0.4, -0.2) is 29.0 Å². The standard InChI is InChI=1S/C12H26O4Si/c1-7-8-9-11(13)16-17(14-5,15-6)10-12(2,3)4/h7-10H2,1-6H3. The molecule has 0 aliphatic rings. The van der Waals surface area contributed by atoms with Crippen LogP contribution in [0.25, 0.3) is 0 Å². The van der Waals surface area contributed by atoms with Crippen LogP contribution in [-0.2, 0) is 18.1 Å². The van der Waals surface area contributed by atoms with Crippen LogP contribution in [0.3, 0.4) is 0 Å². The number of rotatable bonds is 7. The van der Waals surface area contributed by atoms with Crippen LogP contribution in [0.15, 0.2) is 0 Å². The van der Waals surface area contributed by atoms with Gasteiger partial charge in [-0.25, -0.2) is 0 Å². The molecular weight excluding hydrogens is 236 g/mol. The summed E-state index contributed by atoms with van der Waals surface area (Å²) >= 11 is 0. The molecule has 0 heterocycles. The average molecular weight is 262 g/mol. The minimum atomic E-state index is -2.84. The highest BCUT2D eigenvalue weighted by Gasteiger charge is 2.46. The Balaban J connectivity index is 4.55. The predicted molar refractivity (Wildman–Crippen MR) is 69.7 cm³/mol. The van der Waals surface area contributed by atoms with E-state index in [4.69, 9.17) is 13.3 Å². The molecule has 0 aliphatic heterocycles. The van der Waals surface area contributed by atoms with Crippen molar-refractivity contribution in [1.82, 2.24) is 0 Å². The van der Waals surface area contributed by atoms with Crippen LogP contribution in [0.2, 0.25) is 6.04 Å². The fourth-order valence-electron chi connectivity index (χ4n) is 1.54. The zero-order valence-corrected chi connectivity index (χ0v) is 13.0. The van der Waals surface area contributed by atoms with E-state index < -0.39 is 8.80 Å². The van der Waals surface area contributed by atoms with Crippen LogP contribution in [0.4, 0.5) is 0 Å². The van der Waals surface area contributed by atoms with Crippen molar-refractivity contribution in [3.63, 3.8) is 0 Å². The lowest BCUT2D eigenvalue weighted by atomic mass is 10.0. The molecule has 0 bridgehead atoms. The molecule has 0 radical (unpaired) electrons. The number of carbonyl (C=O) groups excluding carboxylic acids is 1. The van der Waals surface area contributed by atoms with E-state index in [9.17, 15) is 4.79 Å². The summed E-state index contributed by atoms with van der Waals surface area (Å²) in [6.07, 6.45) is 2.25. The van der Waals surface area contributed by atoms with Crippen molar-refractivity contribution in [3.8, 4) is 0 Å². The van der Waals surface area contributed by atoms with Crippen molar-refractivity contribution in [3.05, 3.63) is 0 Å². The van der Waals surface area contributed by atoms with Crippen LogP contribution in [0.1, 0.15) is 47.0 Å². The summed E-state index contributed by atoms with van der Waals surface area (Å²) in [6.45, 7) is 8.27. The van der Waals surface area contributed by atoms with Crippen LogP contribution in [0, 0.1) is 5.41 Å². The Bertz CT molecular complexity index is 231. The van der Waals surface area contributed by atoms with Gasteiger partial charge in [0.05, 0.1) is 0 Å². The molecule has 0 fully saturated rings. The van der Waals surface area contributed by atoms with Crippen molar-refractivity contribution >= 4 is 14.8 Å². The van der Waals surface area contributed by atoms with Gasteiger partial charge in [-0.1, -0.05) is 34.1 Å². The smallest absolute Gasteiger partial charge is 0.473 e. The molecule has 5 heteroatoms. The van der Waals surface area contributed by atoms with Gasteiger partial charge in [-0.15, -0.1) is 0 Å². The molecule has 0 aromatic rings. The molecule has 0 aromatic heterocycles. The Kier molecular flexibility index (Phi) is 6.97. The molecule has 102 valence electrons. The number of carbonyl (C=O) groups is 1. The van der Waals surface area contributed by atoms with Crippen LogP contribution in [0.5, 0.6) is 0 Å². The van der Waals surface area contributed by atoms with Gasteiger partial charge in [0.25, 0.3) is 5.97 Å². The van der Waals surface area contributed by atoms with Gasteiger partial charge in [0.15, 0.2) is 0 Å². The van der Waals surface area contributed by atoms with E-state index in [0.717, 1.165) is 12.8 Å². The Morgan fingerprint density at radius 2 is 1.71 bits per heavy atom. The van der Waals surface area contributed by atoms with Gasteiger partial charge in [-0.2, -0.15) is 0 Å². The highest BCUT2D eigenvalue weighted by atomic mass is 28.4. The Hall–Kier alpha value is -0.393. The highest BCUT2D eigenvalue weighted by Crippen LogP contribution is 2.29. The molecule has 0 spiro atoms. The summed E-state index contributed by atoms with van der Waals surface area (Å²) in [7, 11) is 0.259. The Labute approximate surface area is 106 Å².